The highest BCUT2D eigenvalue weighted by atomic mass is 16.5. The first-order valence-corrected chi connectivity index (χ1v) is 7.31. The van der Waals surface area contributed by atoms with Gasteiger partial charge >= 0.3 is 5.97 Å². The van der Waals surface area contributed by atoms with Gasteiger partial charge in [0.15, 0.2) is 11.5 Å². The van der Waals surface area contributed by atoms with Crippen molar-refractivity contribution in [2.24, 2.45) is 0 Å². The van der Waals surface area contributed by atoms with Gasteiger partial charge in [0.05, 0.1) is 19.3 Å². The van der Waals surface area contributed by atoms with Crippen molar-refractivity contribution in [2.45, 2.75) is 13.8 Å². The second-order valence-electron chi connectivity index (χ2n) is 4.65. The standard InChI is InChI=1S/C18H21NO5/c1-5-14(18(21)22)12(3)19-17(20)10-8-13-7-9-15(24-6-2)16(11-13)23-4/h5,7-11H,3,6H2,1-2,4H3,(H,19,20)(H,21,22)/b10-8+,14-5+. The highest BCUT2D eigenvalue weighted by Gasteiger charge is 2.11. The third-order valence-corrected chi connectivity index (χ3v) is 3.03. The smallest absolute Gasteiger partial charge is 0.337 e. The van der Waals surface area contributed by atoms with Gasteiger partial charge in [-0.3, -0.25) is 4.79 Å². The molecule has 0 spiro atoms. The number of ether oxygens (including phenoxy) is 2. The zero-order valence-corrected chi connectivity index (χ0v) is 14.0. The van der Waals surface area contributed by atoms with Gasteiger partial charge in [0.25, 0.3) is 0 Å². The highest BCUT2D eigenvalue weighted by Crippen LogP contribution is 2.28. The number of rotatable bonds is 8. The van der Waals surface area contributed by atoms with Crippen molar-refractivity contribution >= 4 is 18.0 Å². The molecule has 128 valence electrons. The van der Waals surface area contributed by atoms with Crippen LogP contribution in [0.5, 0.6) is 11.5 Å². The van der Waals surface area contributed by atoms with E-state index in [0.717, 1.165) is 5.56 Å². The van der Waals surface area contributed by atoms with Crippen LogP contribution in [0.2, 0.25) is 0 Å². The number of carboxylic acids is 1. The summed E-state index contributed by atoms with van der Waals surface area (Å²) in [6, 6.07) is 5.26. The summed E-state index contributed by atoms with van der Waals surface area (Å²) in [7, 11) is 1.53. The third-order valence-electron chi connectivity index (χ3n) is 3.03. The van der Waals surface area contributed by atoms with Crippen LogP contribution in [0, 0.1) is 0 Å². The molecule has 2 N–H and O–H groups in total. The lowest BCUT2D eigenvalue weighted by atomic mass is 10.1. The van der Waals surface area contributed by atoms with Gasteiger partial charge in [-0.1, -0.05) is 18.7 Å². The summed E-state index contributed by atoms with van der Waals surface area (Å²) >= 11 is 0. The van der Waals surface area contributed by atoms with Gasteiger partial charge in [-0.2, -0.15) is 0 Å². The molecule has 0 fully saturated rings. The van der Waals surface area contributed by atoms with Crippen LogP contribution in [-0.2, 0) is 9.59 Å². The summed E-state index contributed by atoms with van der Waals surface area (Å²) in [6.07, 6.45) is 4.23. The van der Waals surface area contributed by atoms with Gasteiger partial charge in [-0.25, -0.2) is 4.79 Å². The number of methoxy groups -OCH3 is 1. The Hall–Kier alpha value is -3.02. The molecule has 0 atom stereocenters. The van der Waals surface area contributed by atoms with Crippen molar-refractivity contribution in [3.05, 3.63) is 53.8 Å². The number of carboxylic acid groups (broad SMARTS) is 1. The quantitative estimate of drug-likeness (QED) is 0.565. The molecule has 1 aromatic rings. The maximum Gasteiger partial charge on any atom is 0.337 e. The van der Waals surface area contributed by atoms with Crippen molar-refractivity contribution in [1.82, 2.24) is 5.32 Å². The number of carbonyl (C=O) groups is 2. The second-order valence-corrected chi connectivity index (χ2v) is 4.65. The Morgan fingerprint density at radius 3 is 2.58 bits per heavy atom. The molecule has 0 aliphatic carbocycles. The summed E-state index contributed by atoms with van der Waals surface area (Å²) < 4.78 is 10.7. The molecule has 0 unspecified atom stereocenters. The normalized spacial score (nSPS) is 11.2. The Bertz CT molecular complexity index is 689. The molecular weight excluding hydrogens is 310 g/mol. The number of allylic oxidation sites excluding steroid dienone is 1. The molecule has 1 amide bonds. The lowest BCUT2D eigenvalue weighted by molar-refractivity contribution is -0.132. The van der Waals surface area contributed by atoms with E-state index in [1.54, 1.807) is 31.2 Å². The average Bonchev–Trinajstić information content (AvgIpc) is 2.54. The third kappa shape index (κ3) is 5.31. The summed E-state index contributed by atoms with van der Waals surface area (Å²) in [5.41, 5.74) is 0.712. The lowest BCUT2D eigenvalue weighted by Crippen LogP contribution is -2.23. The van der Waals surface area contributed by atoms with E-state index in [0.29, 0.717) is 18.1 Å². The largest absolute Gasteiger partial charge is 0.493 e. The minimum Gasteiger partial charge on any atom is -0.493 e. The van der Waals surface area contributed by atoms with Crippen LogP contribution in [0.15, 0.2) is 48.2 Å². The number of carbonyl (C=O) groups excluding carboxylic acids is 1. The van der Waals surface area contributed by atoms with Crippen LogP contribution in [0.3, 0.4) is 0 Å². The van der Waals surface area contributed by atoms with Crippen molar-refractivity contribution in [3.63, 3.8) is 0 Å². The molecule has 0 bridgehead atoms. The lowest BCUT2D eigenvalue weighted by Gasteiger charge is -2.09. The van der Waals surface area contributed by atoms with Crippen molar-refractivity contribution in [1.29, 1.82) is 0 Å². The molecule has 1 aromatic carbocycles. The molecule has 0 radical (unpaired) electrons. The van der Waals surface area contributed by atoms with Gasteiger partial charge in [0, 0.05) is 11.8 Å². The topological polar surface area (TPSA) is 84.9 Å². The molecule has 1 rings (SSSR count). The van der Waals surface area contributed by atoms with E-state index < -0.39 is 11.9 Å². The number of hydrogen-bond donors (Lipinski definition) is 2. The minimum absolute atomic E-state index is 0.0314. The summed E-state index contributed by atoms with van der Waals surface area (Å²) in [5, 5.41) is 11.4. The number of hydrogen-bond acceptors (Lipinski definition) is 4. The van der Waals surface area contributed by atoms with Crippen LogP contribution in [-0.4, -0.2) is 30.7 Å². The van der Waals surface area contributed by atoms with Crippen LogP contribution in [0.1, 0.15) is 19.4 Å². The molecule has 6 heteroatoms. The van der Waals surface area contributed by atoms with E-state index in [-0.39, 0.29) is 11.3 Å². The highest BCUT2D eigenvalue weighted by molar-refractivity contribution is 5.97. The van der Waals surface area contributed by atoms with E-state index >= 15 is 0 Å². The Kier molecular flexibility index (Phi) is 7.29. The SMILES string of the molecule is C=C(NC(=O)/C=C/c1ccc(OCC)c(OC)c1)/C(=C\C)C(=O)O. The maximum atomic E-state index is 11.9. The number of aliphatic carboxylic acids is 1. The Balaban J connectivity index is 2.80. The number of nitrogens with one attached hydrogen (secondary N) is 1. The summed E-state index contributed by atoms with van der Waals surface area (Å²) in [4.78, 5) is 22.8. The van der Waals surface area contributed by atoms with Gasteiger partial charge in [-0.05, 0) is 37.6 Å². The monoisotopic (exact) mass is 331 g/mol. The average molecular weight is 331 g/mol. The molecule has 0 saturated heterocycles. The molecule has 0 saturated carbocycles. The summed E-state index contributed by atoms with van der Waals surface area (Å²) in [5.74, 6) is -0.448. The van der Waals surface area contributed by atoms with Crippen molar-refractivity contribution < 1.29 is 24.2 Å². The first-order valence-electron chi connectivity index (χ1n) is 7.31. The predicted octanol–water partition coefficient (Wildman–Crippen LogP) is 2.77. The number of benzene rings is 1. The van der Waals surface area contributed by atoms with Crippen LogP contribution in [0.4, 0.5) is 0 Å². The Labute approximate surface area is 141 Å². The molecule has 6 nitrogen and oxygen atoms in total. The summed E-state index contributed by atoms with van der Waals surface area (Å²) in [6.45, 7) is 7.50. The fourth-order valence-electron chi connectivity index (χ4n) is 1.92. The minimum atomic E-state index is -1.15. The second kappa shape index (κ2) is 9.19. The molecule has 0 aliphatic heterocycles. The van der Waals surface area contributed by atoms with E-state index in [1.165, 1.54) is 19.3 Å². The van der Waals surface area contributed by atoms with Crippen LogP contribution < -0.4 is 14.8 Å². The van der Waals surface area contributed by atoms with Crippen LogP contribution in [0.25, 0.3) is 6.08 Å². The molecule has 0 heterocycles. The Morgan fingerprint density at radius 1 is 1.33 bits per heavy atom. The van der Waals surface area contributed by atoms with Gasteiger partial charge < -0.3 is 19.9 Å². The fraction of sp³-hybridized carbons (Fsp3) is 0.222. The van der Waals surface area contributed by atoms with E-state index in [4.69, 9.17) is 14.6 Å². The molecule has 0 aromatic heterocycles. The van der Waals surface area contributed by atoms with E-state index in [2.05, 4.69) is 11.9 Å². The maximum absolute atomic E-state index is 11.9. The fourth-order valence-corrected chi connectivity index (χ4v) is 1.92. The van der Waals surface area contributed by atoms with E-state index in [1.807, 2.05) is 6.92 Å². The van der Waals surface area contributed by atoms with Gasteiger partial charge in [0.1, 0.15) is 0 Å². The van der Waals surface area contributed by atoms with Crippen molar-refractivity contribution in [3.8, 4) is 11.5 Å². The molecule has 0 aliphatic rings. The zero-order valence-electron chi connectivity index (χ0n) is 14.0. The van der Waals surface area contributed by atoms with Gasteiger partial charge in [0.2, 0.25) is 5.91 Å². The molecule has 24 heavy (non-hydrogen) atoms. The Morgan fingerprint density at radius 2 is 2.04 bits per heavy atom. The van der Waals surface area contributed by atoms with Gasteiger partial charge in [-0.15, -0.1) is 0 Å². The molecular formula is C18H21NO5. The van der Waals surface area contributed by atoms with E-state index in [9.17, 15) is 9.59 Å². The number of amides is 1. The zero-order chi connectivity index (χ0) is 18.1. The first kappa shape index (κ1) is 19.0. The predicted molar refractivity (Wildman–Crippen MR) is 91.9 cm³/mol. The first-order chi connectivity index (χ1) is 11.4. The van der Waals surface area contributed by atoms with Crippen LogP contribution >= 0.6 is 0 Å². The van der Waals surface area contributed by atoms with Crippen molar-refractivity contribution in [2.75, 3.05) is 13.7 Å².